The number of aromatic nitrogens is 3. The molecule has 2 aromatic carbocycles. The van der Waals surface area contributed by atoms with Gasteiger partial charge in [-0.1, -0.05) is 47.6 Å². The highest BCUT2D eigenvalue weighted by Crippen LogP contribution is 2.37. The molecule has 0 bridgehead atoms. The van der Waals surface area contributed by atoms with Crippen molar-refractivity contribution in [2.24, 2.45) is 4.99 Å². The van der Waals surface area contributed by atoms with E-state index in [0.29, 0.717) is 34.1 Å². The topological polar surface area (TPSA) is 83.0 Å². The number of carbonyl (C=O) groups is 1. The van der Waals surface area contributed by atoms with Crippen LogP contribution in [0.4, 0.5) is 4.39 Å². The number of H-pyrrole nitrogens is 1. The fourth-order valence-corrected chi connectivity index (χ4v) is 4.96. The predicted octanol–water partition coefficient (Wildman–Crippen LogP) is 5.48. The first kappa shape index (κ1) is 22.3. The van der Waals surface area contributed by atoms with Crippen LogP contribution in [0.15, 0.2) is 88.3 Å². The first-order valence-electron chi connectivity index (χ1n) is 10.5. The van der Waals surface area contributed by atoms with Crippen LogP contribution in [0.1, 0.15) is 24.2 Å². The maximum absolute atomic E-state index is 13.7. The van der Waals surface area contributed by atoms with Gasteiger partial charge in [-0.15, -0.1) is 0 Å². The summed E-state index contributed by atoms with van der Waals surface area (Å²) in [6.45, 7) is 1.49. The number of nitrogens with zero attached hydrogens (tertiary/aromatic N) is 3. The van der Waals surface area contributed by atoms with Crippen molar-refractivity contribution >= 4 is 46.0 Å². The summed E-state index contributed by atoms with van der Waals surface area (Å²) in [5, 5.41) is 4.24. The number of hydrogen-bond donors (Lipinski definition) is 2. The molecule has 0 amide bonds. The van der Waals surface area contributed by atoms with Crippen molar-refractivity contribution in [2.45, 2.75) is 18.1 Å². The lowest BCUT2D eigenvalue weighted by Crippen LogP contribution is -2.34. The van der Waals surface area contributed by atoms with Gasteiger partial charge in [0.1, 0.15) is 17.6 Å². The average Bonchev–Trinajstić information content (AvgIpc) is 3.26. The molecular formula is C25H19ClFN5OS. The number of halogens is 2. The number of amidine groups is 1. The molecule has 9 heteroatoms. The molecule has 0 aliphatic carbocycles. The molecule has 34 heavy (non-hydrogen) atoms. The molecule has 0 radical (unpaired) electrons. The fourth-order valence-electron chi connectivity index (χ4n) is 3.84. The van der Waals surface area contributed by atoms with Crippen molar-refractivity contribution < 1.29 is 9.18 Å². The molecule has 0 saturated carbocycles. The zero-order chi connectivity index (χ0) is 23.7. The Morgan fingerprint density at radius 3 is 2.71 bits per heavy atom. The molecule has 6 nitrogen and oxygen atoms in total. The second kappa shape index (κ2) is 9.40. The van der Waals surface area contributed by atoms with Crippen LogP contribution in [0.2, 0.25) is 5.02 Å². The average molecular weight is 492 g/mol. The van der Waals surface area contributed by atoms with Crippen molar-refractivity contribution in [3.8, 4) is 0 Å². The van der Waals surface area contributed by atoms with Crippen LogP contribution in [-0.4, -0.2) is 32.3 Å². The third-order valence-corrected chi connectivity index (χ3v) is 6.62. The van der Waals surface area contributed by atoms with E-state index in [9.17, 15) is 9.18 Å². The lowest BCUT2D eigenvalue weighted by Gasteiger charge is -2.27. The molecule has 3 heterocycles. The van der Waals surface area contributed by atoms with Crippen LogP contribution in [0, 0.1) is 5.82 Å². The number of pyridine rings is 1. The van der Waals surface area contributed by atoms with Crippen molar-refractivity contribution in [3.05, 3.63) is 100 Å². The Labute approximate surface area is 204 Å². The molecule has 2 N–H and O–H groups in total. The summed E-state index contributed by atoms with van der Waals surface area (Å²) in [5.41, 5.74) is 4.13. The van der Waals surface area contributed by atoms with Gasteiger partial charge in [-0.05, 0) is 43.3 Å². The Morgan fingerprint density at radius 2 is 1.97 bits per heavy atom. The molecule has 0 fully saturated rings. The molecule has 2 aromatic heterocycles. The Hall–Kier alpha value is -3.49. The summed E-state index contributed by atoms with van der Waals surface area (Å²) < 4.78 is 13.7. The van der Waals surface area contributed by atoms with Gasteiger partial charge in [0, 0.05) is 33.8 Å². The van der Waals surface area contributed by atoms with E-state index >= 15 is 0 Å². The van der Waals surface area contributed by atoms with E-state index in [1.165, 1.54) is 30.8 Å². The van der Waals surface area contributed by atoms with E-state index < -0.39 is 11.9 Å². The lowest BCUT2D eigenvalue weighted by atomic mass is 9.93. The molecular weight excluding hydrogens is 473 g/mol. The molecule has 1 aliphatic rings. The number of imidazole rings is 1. The number of carbonyl (C=O) groups excluding carboxylic acids is 1. The predicted molar refractivity (Wildman–Crippen MR) is 133 cm³/mol. The summed E-state index contributed by atoms with van der Waals surface area (Å²) in [6.07, 6.45) is 1.67. The number of para-hydroxylation sites is 2. The summed E-state index contributed by atoms with van der Waals surface area (Å²) in [4.78, 5) is 29.9. The van der Waals surface area contributed by atoms with Crippen LogP contribution in [0.25, 0.3) is 11.0 Å². The number of nitrogens with one attached hydrogen (secondary N) is 2. The molecule has 170 valence electrons. The SMILES string of the molecule is CC(=O)C1=C(CSc2nc3ccccc3[nH]2)NC(c2ccccn2)=NC1c1ccc(F)cc1Cl. The molecule has 1 atom stereocenters. The van der Waals surface area contributed by atoms with Gasteiger partial charge in [0.25, 0.3) is 0 Å². The third kappa shape index (κ3) is 4.47. The maximum Gasteiger partial charge on any atom is 0.166 e. The van der Waals surface area contributed by atoms with Gasteiger partial charge in [-0.2, -0.15) is 0 Å². The van der Waals surface area contributed by atoms with E-state index in [0.717, 1.165) is 16.2 Å². The number of benzene rings is 2. The maximum atomic E-state index is 13.7. The van der Waals surface area contributed by atoms with Crippen LogP contribution in [0.3, 0.4) is 0 Å². The Bertz CT molecular complexity index is 1420. The van der Waals surface area contributed by atoms with Gasteiger partial charge in [0.15, 0.2) is 16.8 Å². The fraction of sp³-hybridized carbons (Fsp3) is 0.120. The van der Waals surface area contributed by atoms with Gasteiger partial charge in [0.2, 0.25) is 0 Å². The van der Waals surface area contributed by atoms with Crippen LogP contribution in [0.5, 0.6) is 0 Å². The van der Waals surface area contributed by atoms with Gasteiger partial charge in [-0.3, -0.25) is 14.8 Å². The summed E-state index contributed by atoms with van der Waals surface area (Å²) >= 11 is 7.86. The van der Waals surface area contributed by atoms with Crippen LogP contribution in [-0.2, 0) is 4.79 Å². The van der Waals surface area contributed by atoms with E-state index in [4.69, 9.17) is 16.6 Å². The number of aliphatic imine (C=N–C) groups is 1. The normalized spacial score (nSPS) is 15.9. The highest BCUT2D eigenvalue weighted by molar-refractivity contribution is 7.99. The first-order chi connectivity index (χ1) is 16.5. The monoisotopic (exact) mass is 491 g/mol. The minimum atomic E-state index is -0.699. The number of hydrogen-bond acceptors (Lipinski definition) is 6. The molecule has 1 aliphatic heterocycles. The highest BCUT2D eigenvalue weighted by Gasteiger charge is 2.31. The molecule has 0 saturated heterocycles. The van der Waals surface area contributed by atoms with Crippen molar-refractivity contribution in [1.82, 2.24) is 20.3 Å². The molecule has 5 rings (SSSR count). The standard InChI is InChI=1S/C25H19ClFN5OS/c1-14(33)22-21(13-34-25-30-18-6-2-3-7-19(18)31-25)29-24(20-8-4-5-11-28-20)32-23(22)16-10-9-15(27)12-17(16)26/h2-12,23H,13H2,1H3,(H,29,32)(H,30,31). The number of fused-ring (bicyclic) bond motifs is 1. The van der Waals surface area contributed by atoms with E-state index in [-0.39, 0.29) is 10.8 Å². The number of Topliss-reactive ketones (excluding diaryl/α,β-unsaturated/α-hetero) is 1. The largest absolute Gasteiger partial charge is 0.341 e. The second-order valence-electron chi connectivity index (χ2n) is 7.68. The van der Waals surface area contributed by atoms with Crippen molar-refractivity contribution in [1.29, 1.82) is 0 Å². The first-order valence-corrected chi connectivity index (χ1v) is 11.9. The number of aromatic amines is 1. The highest BCUT2D eigenvalue weighted by atomic mass is 35.5. The zero-order valence-corrected chi connectivity index (χ0v) is 19.6. The van der Waals surface area contributed by atoms with Gasteiger partial charge < -0.3 is 10.3 Å². The Kier molecular flexibility index (Phi) is 6.17. The Balaban J connectivity index is 1.56. The van der Waals surface area contributed by atoms with Crippen molar-refractivity contribution in [2.75, 3.05) is 5.75 Å². The van der Waals surface area contributed by atoms with E-state index in [1.54, 1.807) is 12.3 Å². The minimum Gasteiger partial charge on any atom is -0.341 e. The number of ketones is 1. The second-order valence-corrected chi connectivity index (χ2v) is 9.05. The number of rotatable bonds is 6. The Morgan fingerprint density at radius 1 is 1.15 bits per heavy atom. The molecule has 4 aromatic rings. The summed E-state index contributed by atoms with van der Waals surface area (Å²) in [7, 11) is 0. The lowest BCUT2D eigenvalue weighted by molar-refractivity contribution is -0.113. The van der Waals surface area contributed by atoms with Gasteiger partial charge in [-0.25, -0.2) is 9.37 Å². The quantitative estimate of drug-likeness (QED) is 0.349. The number of thioether (sulfide) groups is 1. The summed E-state index contributed by atoms with van der Waals surface area (Å²) in [6, 6.07) is 16.7. The third-order valence-electron chi connectivity index (χ3n) is 5.39. The molecule has 0 spiro atoms. The van der Waals surface area contributed by atoms with Crippen LogP contribution < -0.4 is 5.32 Å². The van der Waals surface area contributed by atoms with Gasteiger partial charge >= 0.3 is 0 Å². The van der Waals surface area contributed by atoms with Crippen LogP contribution >= 0.6 is 23.4 Å². The van der Waals surface area contributed by atoms with Crippen molar-refractivity contribution in [3.63, 3.8) is 0 Å². The summed E-state index contributed by atoms with van der Waals surface area (Å²) in [5.74, 6) is 0.333. The molecule has 1 unspecified atom stereocenters. The smallest absolute Gasteiger partial charge is 0.166 e. The van der Waals surface area contributed by atoms with Gasteiger partial charge in [0.05, 0.1) is 11.0 Å². The van der Waals surface area contributed by atoms with E-state index in [2.05, 4.69) is 20.3 Å². The van der Waals surface area contributed by atoms with E-state index in [1.807, 2.05) is 42.5 Å². The zero-order valence-electron chi connectivity index (χ0n) is 18.0. The minimum absolute atomic E-state index is 0.151.